The summed E-state index contributed by atoms with van der Waals surface area (Å²) in [5, 5.41) is 0. The van der Waals surface area contributed by atoms with Crippen molar-refractivity contribution in [3.8, 4) is 0 Å². The fourth-order valence-corrected chi connectivity index (χ4v) is 0.622. The molecule has 0 spiro atoms. The van der Waals surface area contributed by atoms with Crippen LogP contribution in [0.15, 0.2) is 0 Å². The molecule has 4 nitrogen and oxygen atoms in total. The van der Waals surface area contributed by atoms with E-state index in [1.165, 1.54) is 0 Å². The van der Waals surface area contributed by atoms with Crippen LogP contribution >= 0.6 is 0 Å². The van der Waals surface area contributed by atoms with E-state index < -0.39 is 50.4 Å². The molecule has 0 radical (unpaired) electrons. The number of nitrogen functional groups attached to an aromatic ring is 1. The van der Waals surface area contributed by atoms with Crippen molar-refractivity contribution in [3.05, 3.63) is 29.1 Å². The summed E-state index contributed by atoms with van der Waals surface area (Å²) in [7, 11) is -5.84. The minimum absolute atomic E-state index is 1.37. The second-order valence-electron chi connectivity index (χ2n) is 2.90. The van der Waals surface area contributed by atoms with Gasteiger partial charge in [0, 0.05) is 0 Å². The second-order valence-corrected chi connectivity index (χ2v) is 4.32. The van der Waals surface area contributed by atoms with Crippen molar-refractivity contribution in [1.29, 1.82) is 0 Å². The molecule has 0 aromatic heterocycles. The highest BCUT2D eigenvalue weighted by molar-refractivity contribution is 7.86. The van der Waals surface area contributed by atoms with Crippen LogP contribution in [-0.2, 0) is 10.1 Å². The van der Waals surface area contributed by atoms with E-state index in [2.05, 4.69) is 5.73 Å². The van der Waals surface area contributed by atoms with Crippen LogP contribution in [0.2, 0.25) is 0 Å². The number of alkyl halides is 3. The van der Waals surface area contributed by atoms with Crippen molar-refractivity contribution < 1.29 is 48.1 Å². The smallest absolute Gasteiger partial charge is 0.394 e. The van der Waals surface area contributed by atoms with Crippen LogP contribution < -0.4 is 5.73 Å². The third-order valence-electron chi connectivity index (χ3n) is 1.54. The zero-order valence-corrected chi connectivity index (χ0v) is 9.59. The van der Waals surface area contributed by atoms with E-state index in [9.17, 15) is 35.1 Å². The lowest BCUT2D eigenvalue weighted by Crippen LogP contribution is -2.21. The Kier molecular flexibility index (Phi) is 5.31. The van der Waals surface area contributed by atoms with E-state index in [0.717, 1.165) is 0 Å². The molecule has 13 heteroatoms. The Balaban J connectivity index is 0.000000396. The molecule has 0 atom stereocenters. The minimum atomic E-state index is -5.84. The van der Waals surface area contributed by atoms with Gasteiger partial charge in [-0.25, -0.2) is 22.0 Å². The number of halogens is 8. The summed E-state index contributed by atoms with van der Waals surface area (Å²) < 4.78 is 119. The topological polar surface area (TPSA) is 80.4 Å². The van der Waals surface area contributed by atoms with Gasteiger partial charge in [0.25, 0.3) is 0 Å². The van der Waals surface area contributed by atoms with Gasteiger partial charge in [0.2, 0.25) is 5.82 Å². The van der Waals surface area contributed by atoms with Crippen LogP contribution in [0.25, 0.3) is 0 Å². The monoisotopic (exact) mass is 333 g/mol. The maximum absolute atomic E-state index is 12.3. The van der Waals surface area contributed by atoms with Crippen LogP contribution in [0.1, 0.15) is 0 Å². The van der Waals surface area contributed by atoms with Gasteiger partial charge in [0.15, 0.2) is 23.3 Å². The molecule has 0 bridgehead atoms. The Morgan fingerprint density at radius 3 is 1.20 bits per heavy atom. The third kappa shape index (κ3) is 3.93. The first-order valence-corrected chi connectivity index (χ1v) is 5.46. The van der Waals surface area contributed by atoms with Crippen molar-refractivity contribution in [2.75, 3.05) is 5.73 Å². The molecule has 0 aliphatic rings. The number of hydrogen-bond acceptors (Lipinski definition) is 3. The largest absolute Gasteiger partial charge is 0.522 e. The highest BCUT2D eigenvalue weighted by atomic mass is 32.2. The maximum Gasteiger partial charge on any atom is 0.522 e. The van der Waals surface area contributed by atoms with E-state index >= 15 is 0 Å². The van der Waals surface area contributed by atoms with Crippen molar-refractivity contribution in [3.63, 3.8) is 0 Å². The van der Waals surface area contributed by atoms with Crippen LogP contribution in [0.3, 0.4) is 0 Å². The van der Waals surface area contributed by atoms with Crippen LogP contribution in [0.5, 0.6) is 0 Å². The van der Waals surface area contributed by atoms with Gasteiger partial charge < -0.3 is 5.73 Å². The normalized spacial score (nSPS) is 11.8. The molecule has 0 aliphatic heterocycles. The predicted octanol–water partition coefficient (Wildman–Crippen LogP) is 2.36. The zero-order valence-electron chi connectivity index (χ0n) is 8.77. The number of rotatable bonds is 0. The van der Waals surface area contributed by atoms with E-state index in [4.69, 9.17) is 13.0 Å². The first-order chi connectivity index (χ1) is 8.71. The van der Waals surface area contributed by atoms with Crippen molar-refractivity contribution in [2.45, 2.75) is 5.51 Å². The van der Waals surface area contributed by atoms with Gasteiger partial charge in [0.1, 0.15) is 5.69 Å². The molecule has 0 amide bonds. The molecule has 0 fully saturated rings. The SMILES string of the molecule is Nc1c(F)c(F)c(F)c(F)c1F.O=S(=O)(O)C(F)(F)F. The van der Waals surface area contributed by atoms with Gasteiger partial charge in [-0.1, -0.05) is 0 Å². The Bertz CT molecular complexity index is 506. The van der Waals surface area contributed by atoms with E-state index in [1.54, 1.807) is 0 Å². The number of hydrogen-bond donors (Lipinski definition) is 2. The lowest BCUT2D eigenvalue weighted by Gasteiger charge is -2.02. The molecule has 3 N–H and O–H groups in total. The van der Waals surface area contributed by atoms with Gasteiger partial charge in [0.05, 0.1) is 0 Å². The molecule has 0 saturated carbocycles. The molecule has 1 rings (SSSR count). The van der Waals surface area contributed by atoms with Gasteiger partial charge in [-0.15, -0.1) is 0 Å². The predicted molar refractivity (Wildman–Crippen MR) is 48.2 cm³/mol. The molecule has 0 heterocycles. The second kappa shape index (κ2) is 5.78. The van der Waals surface area contributed by atoms with Crippen molar-refractivity contribution in [1.82, 2.24) is 0 Å². The van der Waals surface area contributed by atoms with Crippen LogP contribution in [0.4, 0.5) is 40.8 Å². The standard InChI is InChI=1S/C6H2F5N.CHF3O3S/c7-1-2(8)4(10)6(12)5(11)3(1)9;2-1(3,4)8(5,6)7/h12H2;(H,5,6,7). The van der Waals surface area contributed by atoms with E-state index in [-0.39, 0.29) is 0 Å². The van der Waals surface area contributed by atoms with Gasteiger partial charge in [-0.3, -0.25) is 4.55 Å². The molecular formula is C7H3F8NO3S. The zero-order chi connectivity index (χ0) is 16.5. The summed E-state index contributed by atoms with van der Waals surface area (Å²) in [5.74, 6) is -10.3. The van der Waals surface area contributed by atoms with Crippen LogP contribution in [-0.4, -0.2) is 18.5 Å². The third-order valence-corrected chi connectivity index (χ3v) is 2.12. The van der Waals surface area contributed by atoms with Crippen molar-refractivity contribution >= 4 is 15.8 Å². The highest BCUT2D eigenvalue weighted by Crippen LogP contribution is 2.24. The quantitative estimate of drug-likeness (QED) is 0.191. The average Bonchev–Trinajstić information content (AvgIpc) is 2.30. The molecule has 0 saturated heterocycles. The first kappa shape index (κ1) is 18.4. The minimum Gasteiger partial charge on any atom is -0.394 e. The Labute approximate surface area is 105 Å². The van der Waals surface area contributed by atoms with Gasteiger partial charge in [-0.2, -0.15) is 21.6 Å². The summed E-state index contributed by atoms with van der Waals surface area (Å²) in [4.78, 5) is 0. The Morgan fingerprint density at radius 1 is 0.800 bits per heavy atom. The van der Waals surface area contributed by atoms with Crippen molar-refractivity contribution in [2.24, 2.45) is 0 Å². The lowest BCUT2D eigenvalue weighted by molar-refractivity contribution is -0.0510. The summed E-state index contributed by atoms with van der Waals surface area (Å²) in [5.41, 5.74) is -2.35. The summed E-state index contributed by atoms with van der Waals surface area (Å²) in [6.07, 6.45) is 0. The summed E-state index contributed by atoms with van der Waals surface area (Å²) >= 11 is 0. The average molecular weight is 333 g/mol. The number of benzene rings is 1. The summed E-state index contributed by atoms with van der Waals surface area (Å²) in [6.45, 7) is 0. The fraction of sp³-hybridized carbons (Fsp3) is 0.143. The summed E-state index contributed by atoms with van der Waals surface area (Å²) in [6, 6.07) is 0. The fourth-order valence-electron chi connectivity index (χ4n) is 0.622. The maximum atomic E-state index is 12.3. The molecule has 116 valence electrons. The van der Waals surface area contributed by atoms with Gasteiger partial charge in [-0.05, 0) is 0 Å². The van der Waals surface area contributed by atoms with E-state index in [1.807, 2.05) is 0 Å². The van der Waals surface area contributed by atoms with Crippen LogP contribution in [0, 0.1) is 29.1 Å². The Hall–Kier alpha value is -1.63. The molecule has 1 aromatic rings. The number of anilines is 1. The highest BCUT2D eigenvalue weighted by Gasteiger charge is 2.44. The molecule has 20 heavy (non-hydrogen) atoms. The molecule has 1 aromatic carbocycles. The lowest BCUT2D eigenvalue weighted by atomic mass is 10.2. The van der Waals surface area contributed by atoms with Gasteiger partial charge >= 0.3 is 15.6 Å². The molecule has 0 unspecified atom stereocenters. The van der Waals surface area contributed by atoms with E-state index in [0.29, 0.717) is 0 Å². The molecular weight excluding hydrogens is 330 g/mol. The Morgan fingerprint density at radius 2 is 1.00 bits per heavy atom. The first-order valence-electron chi connectivity index (χ1n) is 4.02. The number of nitrogens with two attached hydrogens (primary N) is 1. The molecule has 0 aliphatic carbocycles.